The van der Waals surface area contributed by atoms with E-state index in [4.69, 9.17) is 4.74 Å². The molecule has 0 bridgehead atoms. The van der Waals surface area contributed by atoms with E-state index in [9.17, 15) is 4.39 Å². The molecule has 2 nitrogen and oxygen atoms in total. The van der Waals surface area contributed by atoms with Crippen molar-refractivity contribution in [1.29, 1.82) is 0 Å². The van der Waals surface area contributed by atoms with Gasteiger partial charge in [0.2, 0.25) is 0 Å². The number of benzene rings is 1. The first-order valence-corrected chi connectivity index (χ1v) is 6.36. The second kappa shape index (κ2) is 6.01. The predicted molar refractivity (Wildman–Crippen MR) is 67.3 cm³/mol. The number of halogens is 1. The third kappa shape index (κ3) is 3.70. The molecular weight excluding hydrogens is 217 g/mol. The standard InChI is InChI=1S/C14H20FNO/c1-2-12-4-3-5-14(10-12)17-9-8-16-7-6-13(15)11-16/h3-5,10,13H,2,6-9,11H2,1H3. The van der Waals surface area contributed by atoms with Gasteiger partial charge in [0.25, 0.3) is 0 Å². The van der Waals surface area contributed by atoms with Crippen LogP contribution in [0, 0.1) is 0 Å². The Balaban J connectivity index is 1.74. The van der Waals surface area contributed by atoms with Gasteiger partial charge < -0.3 is 4.74 Å². The molecule has 1 atom stereocenters. The summed E-state index contributed by atoms with van der Waals surface area (Å²) in [5, 5.41) is 0. The number of hydrogen-bond donors (Lipinski definition) is 0. The second-order valence-corrected chi connectivity index (χ2v) is 4.54. The minimum absolute atomic E-state index is 0.568. The third-order valence-electron chi connectivity index (χ3n) is 3.20. The molecule has 0 N–H and O–H groups in total. The lowest BCUT2D eigenvalue weighted by molar-refractivity contribution is 0.224. The summed E-state index contributed by atoms with van der Waals surface area (Å²) in [4.78, 5) is 2.12. The first-order chi connectivity index (χ1) is 8.28. The quantitative estimate of drug-likeness (QED) is 0.780. The van der Waals surface area contributed by atoms with Crippen LogP contribution in [0.3, 0.4) is 0 Å². The van der Waals surface area contributed by atoms with Crippen molar-refractivity contribution >= 4 is 0 Å². The molecule has 94 valence electrons. The molecule has 3 heteroatoms. The lowest BCUT2D eigenvalue weighted by Gasteiger charge is -2.15. The molecular formula is C14H20FNO. The summed E-state index contributed by atoms with van der Waals surface area (Å²) in [5.41, 5.74) is 1.28. The Morgan fingerprint density at radius 2 is 2.35 bits per heavy atom. The van der Waals surface area contributed by atoms with Crippen LogP contribution in [0.25, 0.3) is 0 Å². The molecule has 2 rings (SSSR count). The summed E-state index contributed by atoms with van der Waals surface area (Å²) < 4.78 is 18.6. The highest BCUT2D eigenvalue weighted by Crippen LogP contribution is 2.15. The average Bonchev–Trinajstić information content (AvgIpc) is 2.75. The van der Waals surface area contributed by atoms with Gasteiger partial charge in [-0.05, 0) is 30.5 Å². The van der Waals surface area contributed by atoms with Crippen LogP contribution in [-0.4, -0.2) is 37.3 Å². The molecule has 0 amide bonds. The van der Waals surface area contributed by atoms with E-state index < -0.39 is 6.17 Å². The Kier molecular flexibility index (Phi) is 4.37. The van der Waals surface area contributed by atoms with Gasteiger partial charge in [0.1, 0.15) is 18.5 Å². The molecule has 0 aliphatic carbocycles. The Morgan fingerprint density at radius 1 is 1.47 bits per heavy atom. The predicted octanol–water partition coefficient (Wildman–Crippen LogP) is 2.67. The molecule has 0 aromatic heterocycles. The smallest absolute Gasteiger partial charge is 0.119 e. The first-order valence-electron chi connectivity index (χ1n) is 6.36. The summed E-state index contributed by atoms with van der Waals surface area (Å²) >= 11 is 0. The van der Waals surface area contributed by atoms with E-state index in [1.807, 2.05) is 12.1 Å². The maximum Gasteiger partial charge on any atom is 0.119 e. The van der Waals surface area contributed by atoms with E-state index in [1.165, 1.54) is 5.56 Å². The first kappa shape index (κ1) is 12.4. The highest BCUT2D eigenvalue weighted by Gasteiger charge is 2.20. The average molecular weight is 237 g/mol. The lowest BCUT2D eigenvalue weighted by Crippen LogP contribution is -2.26. The van der Waals surface area contributed by atoms with Crippen LogP contribution < -0.4 is 4.74 Å². The largest absolute Gasteiger partial charge is 0.492 e. The van der Waals surface area contributed by atoms with Crippen molar-refractivity contribution in [3.8, 4) is 5.75 Å². The van der Waals surface area contributed by atoms with Gasteiger partial charge in [-0.3, -0.25) is 4.90 Å². The van der Waals surface area contributed by atoms with Crippen molar-refractivity contribution in [2.45, 2.75) is 25.9 Å². The number of alkyl halides is 1. The SMILES string of the molecule is CCc1cccc(OCCN2CCC(F)C2)c1. The number of aryl methyl sites for hydroxylation is 1. The summed E-state index contributed by atoms with van der Waals surface area (Å²) in [6.07, 6.45) is 1.05. The van der Waals surface area contributed by atoms with E-state index in [0.29, 0.717) is 19.6 Å². The van der Waals surface area contributed by atoms with E-state index in [2.05, 4.69) is 24.0 Å². The monoisotopic (exact) mass is 237 g/mol. The zero-order valence-corrected chi connectivity index (χ0v) is 10.4. The van der Waals surface area contributed by atoms with Crippen LogP contribution >= 0.6 is 0 Å². The van der Waals surface area contributed by atoms with Gasteiger partial charge in [-0.1, -0.05) is 19.1 Å². The van der Waals surface area contributed by atoms with Gasteiger partial charge in [-0.25, -0.2) is 4.39 Å². The van der Waals surface area contributed by atoms with Gasteiger partial charge in [-0.15, -0.1) is 0 Å². The Bertz CT molecular complexity index is 356. The van der Waals surface area contributed by atoms with Crippen molar-refractivity contribution in [1.82, 2.24) is 4.90 Å². The second-order valence-electron chi connectivity index (χ2n) is 4.54. The molecule has 17 heavy (non-hydrogen) atoms. The third-order valence-corrected chi connectivity index (χ3v) is 3.20. The van der Waals surface area contributed by atoms with Gasteiger partial charge in [0, 0.05) is 19.6 Å². The summed E-state index contributed by atoms with van der Waals surface area (Å²) in [5.74, 6) is 0.917. The van der Waals surface area contributed by atoms with Crippen LogP contribution in [0.1, 0.15) is 18.9 Å². The molecule has 1 aromatic carbocycles. The van der Waals surface area contributed by atoms with Crippen molar-refractivity contribution < 1.29 is 9.13 Å². The number of ether oxygens (including phenoxy) is 1. The topological polar surface area (TPSA) is 12.5 Å². The van der Waals surface area contributed by atoms with E-state index >= 15 is 0 Å². The van der Waals surface area contributed by atoms with Gasteiger partial charge >= 0.3 is 0 Å². The molecule has 1 aliphatic rings. The number of hydrogen-bond acceptors (Lipinski definition) is 2. The zero-order chi connectivity index (χ0) is 12.1. The molecule has 1 fully saturated rings. The number of likely N-dealkylation sites (tertiary alicyclic amines) is 1. The molecule has 0 spiro atoms. The van der Waals surface area contributed by atoms with E-state index in [-0.39, 0.29) is 0 Å². The van der Waals surface area contributed by atoms with Crippen LogP contribution in [0.5, 0.6) is 5.75 Å². The summed E-state index contributed by atoms with van der Waals surface area (Å²) in [6, 6.07) is 8.16. The highest BCUT2D eigenvalue weighted by molar-refractivity contribution is 5.28. The minimum atomic E-state index is -0.640. The normalized spacial score (nSPS) is 20.7. The van der Waals surface area contributed by atoms with Gasteiger partial charge in [0.15, 0.2) is 0 Å². The fourth-order valence-electron chi connectivity index (χ4n) is 2.14. The minimum Gasteiger partial charge on any atom is -0.492 e. The van der Waals surface area contributed by atoms with Crippen LogP contribution in [0.15, 0.2) is 24.3 Å². The van der Waals surface area contributed by atoms with Gasteiger partial charge in [-0.2, -0.15) is 0 Å². The van der Waals surface area contributed by atoms with E-state index in [0.717, 1.165) is 25.3 Å². The number of rotatable bonds is 5. The van der Waals surface area contributed by atoms with Crippen molar-refractivity contribution in [2.24, 2.45) is 0 Å². The fourth-order valence-corrected chi connectivity index (χ4v) is 2.14. The Morgan fingerprint density at radius 3 is 3.06 bits per heavy atom. The van der Waals surface area contributed by atoms with Gasteiger partial charge in [0.05, 0.1) is 0 Å². The Labute approximate surface area is 102 Å². The lowest BCUT2D eigenvalue weighted by atomic mass is 10.2. The Hall–Kier alpha value is -1.09. The summed E-state index contributed by atoms with van der Waals surface area (Å²) in [6.45, 7) is 5.01. The maximum atomic E-state index is 12.9. The van der Waals surface area contributed by atoms with Crippen molar-refractivity contribution in [3.05, 3.63) is 29.8 Å². The van der Waals surface area contributed by atoms with Crippen LogP contribution in [0.2, 0.25) is 0 Å². The molecule has 1 saturated heterocycles. The molecule has 0 radical (unpaired) electrons. The molecule has 1 heterocycles. The molecule has 1 aromatic rings. The zero-order valence-electron chi connectivity index (χ0n) is 10.4. The summed E-state index contributed by atoms with van der Waals surface area (Å²) in [7, 11) is 0. The van der Waals surface area contributed by atoms with Crippen LogP contribution in [-0.2, 0) is 6.42 Å². The van der Waals surface area contributed by atoms with Crippen LogP contribution in [0.4, 0.5) is 4.39 Å². The van der Waals surface area contributed by atoms with Crippen molar-refractivity contribution in [2.75, 3.05) is 26.2 Å². The van der Waals surface area contributed by atoms with Crippen molar-refractivity contribution in [3.63, 3.8) is 0 Å². The fraction of sp³-hybridized carbons (Fsp3) is 0.571. The molecule has 0 saturated carbocycles. The molecule has 1 unspecified atom stereocenters. The molecule has 1 aliphatic heterocycles. The maximum absolute atomic E-state index is 12.9. The van der Waals surface area contributed by atoms with E-state index in [1.54, 1.807) is 0 Å². The number of nitrogens with zero attached hydrogens (tertiary/aromatic N) is 1. The highest BCUT2D eigenvalue weighted by atomic mass is 19.1.